The summed E-state index contributed by atoms with van der Waals surface area (Å²) in [7, 11) is 3.13. The zero-order chi connectivity index (χ0) is 14.4. The van der Waals surface area contributed by atoms with Crippen molar-refractivity contribution in [2.24, 2.45) is 0 Å². The molecule has 2 N–H and O–H groups in total. The van der Waals surface area contributed by atoms with Gasteiger partial charge >= 0.3 is 0 Å². The second-order valence-electron chi connectivity index (χ2n) is 4.32. The zero-order valence-electron chi connectivity index (χ0n) is 11.6. The van der Waals surface area contributed by atoms with Crippen LogP contribution in [-0.2, 0) is 13.1 Å². The molecule has 2 aromatic rings. The van der Waals surface area contributed by atoms with Crippen molar-refractivity contribution >= 4 is 0 Å². The summed E-state index contributed by atoms with van der Waals surface area (Å²) in [5.74, 6) is 1.23. The molecule has 1 aromatic carbocycles. The number of nitrogens with one attached hydrogen (secondary N) is 1. The minimum absolute atomic E-state index is 0.150. The number of aromatic nitrogens is 1. The third kappa shape index (κ3) is 3.61. The van der Waals surface area contributed by atoms with Gasteiger partial charge in [0.25, 0.3) is 0 Å². The van der Waals surface area contributed by atoms with E-state index in [1.807, 2.05) is 18.2 Å². The fraction of sp³-hybridized carbons (Fsp3) is 0.267. The first-order valence-electron chi connectivity index (χ1n) is 6.28. The average molecular weight is 274 g/mol. The van der Waals surface area contributed by atoms with Crippen LogP contribution in [0.3, 0.4) is 0 Å². The highest BCUT2D eigenvalue weighted by Gasteiger charge is 2.02. The normalized spacial score (nSPS) is 10.3. The van der Waals surface area contributed by atoms with E-state index in [2.05, 4.69) is 10.3 Å². The van der Waals surface area contributed by atoms with E-state index >= 15 is 0 Å². The summed E-state index contributed by atoms with van der Waals surface area (Å²) in [4.78, 5) is 4.06. The second kappa shape index (κ2) is 6.77. The molecule has 0 unspecified atom stereocenters. The molecular weight excluding hydrogens is 256 g/mol. The molecule has 0 atom stereocenters. The Bertz CT molecular complexity index is 573. The van der Waals surface area contributed by atoms with Crippen molar-refractivity contribution in [2.45, 2.75) is 13.1 Å². The number of phenols is 1. The largest absolute Gasteiger partial charge is 0.504 e. The highest BCUT2D eigenvalue weighted by Crippen LogP contribution is 2.26. The maximum absolute atomic E-state index is 9.70. The molecule has 1 heterocycles. The maximum atomic E-state index is 9.70. The molecule has 0 amide bonds. The lowest BCUT2D eigenvalue weighted by molar-refractivity contribution is 0.373. The van der Waals surface area contributed by atoms with Crippen molar-refractivity contribution in [2.75, 3.05) is 14.2 Å². The highest BCUT2D eigenvalue weighted by atomic mass is 16.5. The Morgan fingerprint density at radius 2 is 1.80 bits per heavy atom. The molecule has 0 bridgehead atoms. The monoisotopic (exact) mass is 274 g/mol. The van der Waals surface area contributed by atoms with Crippen LogP contribution in [0.4, 0.5) is 0 Å². The first kappa shape index (κ1) is 14.1. The summed E-state index contributed by atoms with van der Waals surface area (Å²) < 4.78 is 10.1. The molecule has 5 heteroatoms. The Hall–Kier alpha value is -2.27. The number of nitrogens with zero attached hydrogens (tertiary/aromatic N) is 1. The van der Waals surface area contributed by atoms with Crippen LogP contribution in [0.2, 0.25) is 0 Å². The third-order valence-electron chi connectivity index (χ3n) is 2.91. The van der Waals surface area contributed by atoms with E-state index in [0.29, 0.717) is 24.7 Å². The van der Waals surface area contributed by atoms with Crippen molar-refractivity contribution in [3.63, 3.8) is 0 Å². The minimum Gasteiger partial charge on any atom is -0.504 e. The maximum Gasteiger partial charge on any atom is 0.213 e. The number of benzene rings is 1. The van der Waals surface area contributed by atoms with Gasteiger partial charge in [-0.1, -0.05) is 6.07 Å². The molecule has 5 nitrogen and oxygen atoms in total. The predicted molar refractivity (Wildman–Crippen MR) is 76.0 cm³/mol. The van der Waals surface area contributed by atoms with Crippen LogP contribution in [0.5, 0.6) is 17.4 Å². The molecule has 0 saturated carbocycles. The predicted octanol–water partition coefficient (Wildman–Crippen LogP) is 2.09. The van der Waals surface area contributed by atoms with Gasteiger partial charge in [-0.3, -0.25) is 0 Å². The fourth-order valence-electron chi connectivity index (χ4n) is 1.87. The number of methoxy groups -OCH3 is 2. The first-order chi connectivity index (χ1) is 9.72. The number of phenolic OH excluding ortho intramolecular Hbond substituents is 1. The minimum atomic E-state index is 0.150. The molecular formula is C15H18N2O3. The van der Waals surface area contributed by atoms with Gasteiger partial charge in [-0.25, -0.2) is 4.98 Å². The van der Waals surface area contributed by atoms with E-state index in [1.54, 1.807) is 25.4 Å². The lowest BCUT2D eigenvalue weighted by Gasteiger charge is -2.08. The summed E-state index contributed by atoms with van der Waals surface area (Å²) in [5, 5.41) is 13.0. The van der Waals surface area contributed by atoms with Gasteiger partial charge in [-0.05, 0) is 29.3 Å². The van der Waals surface area contributed by atoms with Crippen LogP contribution in [-0.4, -0.2) is 24.3 Å². The molecule has 0 fully saturated rings. The molecule has 0 saturated heterocycles. The Morgan fingerprint density at radius 1 is 1.05 bits per heavy atom. The molecule has 0 spiro atoms. The van der Waals surface area contributed by atoms with Gasteiger partial charge < -0.3 is 19.9 Å². The molecule has 0 aliphatic rings. The van der Waals surface area contributed by atoms with Crippen molar-refractivity contribution < 1.29 is 14.6 Å². The van der Waals surface area contributed by atoms with Gasteiger partial charge in [-0.15, -0.1) is 0 Å². The van der Waals surface area contributed by atoms with Crippen LogP contribution >= 0.6 is 0 Å². The Labute approximate surface area is 118 Å². The Kier molecular flexibility index (Phi) is 4.79. The topological polar surface area (TPSA) is 63.6 Å². The number of hydrogen-bond donors (Lipinski definition) is 2. The summed E-state index contributed by atoms with van der Waals surface area (Å²) in [5.41, 5.74) is 2.08. The highest BCUT2D eigenvalue weighted by molar-refractivity contribution is 5.41. The van der Waals surface area contributed by atoms with E-state index in [9.17, 15) is 5.11 Å². The van der Waals surface area contributed by atoms with Crippen LogP contribution in [0.1, 0.15) is 11.1 Å². The second-order valence-corrected chi connectivity index (χ2v) is 4.32. The van der Waals surface area contributed by atoms with Crippen LogP contribution < -0.4 is 14.8 Å². The van der Waals surface area contributed by atoms with E-state index < -0.39 is 0 Å². The zero-order valence-corrected chi connectivity index (χ0v) is 11.6. The molecule has 106 valence electrons. The molecule has 1 aromatic heterocycles. The van der Waals surface area contributed by atoms with Gasteiger partial charge in [-0.2, -0.15) is 0 Å². The van der Waals surface area contributed by atoms with Gasteiger partial charge in [0.2, 0.25) is 5.88 Å². The smallest absolute Gasteiger partial charge is 0.213 e. The number of aromatic hydroxyl groups is 1. The van der Waals surface area contributed by atoms with Gasteiger partial charge in [0.15, 0.2) is 11.5 Å². The number of rotatable bonds is 6. The summed E-state index contributed by atoms with van der Waals surface area (Å²) in [6, 6.07) is 9.18. The number of ether oxygens (including phenoxy) is 2. The Balaban J connectivity index is 1.90. The van der Waals surface area contributed by atoms with E-state index in [4.69, 9.17) is 9.47 Å². The lowest BCUT2D eigenvalue weighted by atomic mass is 10.2. The first-order valence-corrected chi connectivity index (χ1v) is 6.28. The van der Waals surface area contributed by atoms with Gasteiger partial charge in [0, 0.05) is 25.4 Å². The van der Waals surface area contributed by atoms with Gasteiger partial charge in [0.05, 0.1) is 14.2 Å². The summed E-state index contributed by atoms with van der Waals surface area (Å²) >= 11 is 0. The molecule has 2 rings (SSSR count). The Morgan fingerprint density at radius 3 is 2.45 bits per heavy atom. The molecule has 0 aliphatic carbocycles. The van der Waals surface area contributed by atoms with E-state index in [0.717, 1.165) is 11.1 Å². The quantitative estimate of drug-likeness (QED) is 0.844. The standard InChI is InChI=1S/C15H18N2O3/c1-19-14-4-3-11(7-13(14)18)9-16-10-12-5-6-17-15(8-12)20-2/h3-8,16,18H,9-10H2,1-2H3. The average Bonchev–Trinajstić information content (AvgIpc) is 2.48. The van der Waals surface area contributed by atoms with Crippen molar-refractivity contribution in [1.29, 1.82) is 0 Å². The fourth-order valence-corrected chi connectivity index (χ4v) is 1.87. The third-order valence-corrected chi connectivity index (χ3v) is 2.91. The van der Waals surface area contributed by atoms with E-state index in [1.165, 1.54) is 7.11 Å². The van der Waals surface area contributed by atoms with Crippen LogP contribution in [0, 0.1) is 0 Å². The van der Waals surface area contributed by atoms with Crippen LogP contribution in [0.15, 0.2) is 36.5 Å². The van der Waals surface area contributed by atoms with Crippen molar-refractivity contribution in [1.82, 2.24) is 10.3 Å². The number of hydrogen-bond acceptors (Lipinski definition) is 5. The SMILES string of the molecule is COc1cc(CNCc2ccc(OC)c(O)c2)ccn1. The van der Waals surface area contributed by atoms with E-state index in [-0.39, 0.29) is 5.75 Å². The van der Waals surface area contributed by atoms with Crippen molar-refractivity contribution in [3.05, 3.63) is 47.7 Å². The lowest BCUT2D eigenvalue weighted by Crippen LogP contribution is -2.12. The van der Waals surface area contributed by atoms with Crippen LogP contribution in [0.25, 0.3) is 0 Å². The molecule has 20 heavy (non-hydrogen) atoms. The molecule has 0 aliphatic heterocycles. The van der Waals surface area contributed by atoms with Crippen molar-refractivity contribution in [3.8, 4) is 17.4 Å². The summed E-state index contributed by atoms with van der Waals surface area (Å²) in [6.45, 7) is 1.36. The van der Waals surface area contributed by atoms with Gasteiger partial charge in [0.1, 0.15) is 0 Å². The summed E-state index contributed by atoms with van der Waals surface area (Å²) in [6.07, 6.45) is 1.72. The molecule has 0 radical (unpaired) electrons. The number of pyridine rings is 1.